The Kier molecular flexibility index (Phi) is 2.42. The third kappa shape index (κ3) is 1.55. The summed E-state index contributed by atoms with van der Waals surface area (Å²) in [7, 11) is 1.49. The lowest BCUT2D eigenvalue weighted by atomic mass is 10.2. The van der Waals surface area contributed by atoms with Crippen molar-refractivity contribution in [2.75, 3.05) is 25.1 Å². The highest BCUT2D eigenvalue weighted by Gasteiger charge is 2.20. The van der Waals surface area contributed by atoms with Crippen molar-refractivity contribution in [2.45, 2.75) is 12.8 Å². The molecule has 1 aromatic heterocycles. The standard InChI is InChI=1S/C13H15FN2O/c1-17-11-5-4-9-12(13(11)14)10(8-15-9)16-6-2-3-7-16/h4-5,8,15H,2-3,6-7H2,1H3. The van der Waals surface area contributed by atoms with E-state index in [2.05, 4.69) is 9.88 Å². The van der Waals surface area contributed by atoms with Gasteiger partial charge in [-0.1, -0.05) is 0 Å². The molecule has 2 heterocycles. The Morgan fingerprint density at radius 3 is 2.76 bits per heavy atom. The monoisotopic (exact) mass is 234 g/mol. The first kappa shape index (κ1) is 10.4. The molecule has 1 aliphatic rings. The molecule has 0 atom stereocenters. The topological polar surface area (TPSA) is 28.3 Å². The van der Waals surface area contributed by atoms with Crippen LogP contribution in [-0.2, 0) is 0 Å². The molecule has 1 saturated heterocycles. The van der Waals surface area contributed by atoms with Crippen molar-refractivity contribution >= 4 is 16.6 Å². The zero-order valence-corrected chi connectivity index (χ0v) is 9.79. The maximum absolute atomic E-state index is 14.2. The first-order chi connectivity index (χ1) is 8.31. The fourth-order valence-electron chi connectivity index (χ4n) is 2.51. The number of rotatable bonds is 2. The minimum atomic E-state index is -0.270. The fourth-order valence-corrected chi connectivity index (χ4v) is 2.51. The number of hydrogen-bond acceptors (Lipinski definition) is 2. The Labute approximate surface area is 99.2 Å². The molecule has 4 heteroatoms. The molecule has 0 radical (unpaired) electrons. The van der Waals surface area contributed by atoms with Gasteiger partial charge in [0.15, 0.2) is 11.6 Å². The third-order valence-electron chi connectivity index (χ3n) is 3.39. The van der Waals surface area contributed by atoms with Gasteiger partial charge in [0.25, 0.3) is 0 Å². The lowest BCUT2D eigenvalue weighted by molar-refractivity contribution is 0.389. The molecule has 0 unspecified atom stereocenters. The molecular formula is C13H15FN2O. The predicted octanol–water partition coefficient (Wildman–Crippen LogP) is 2.92. The van der Waals surface area contributed by atoms with Crippen LogP contribution in [-0.4, -0.2) is 25.2 Å². The lowest BCUT2D eigenvalue weighted by Gasteiger charge is -2.16. The molecule has 0 saturated carbocycles. The van der Waals surface area contributed by atoms with Crippen molar-refractivity contribution in [2.24, 2.45) is 0 Å². The average Bonchev–Trinajstić information content (AvgIpc) is 2.97. The van der Waals surface area contributed by atoms with Gasteiger partial charge in [0, 0.05) is 19.3 Å². The number of halogens is 1. The number of anilines is 1. The molecule has 0 bridgehead atoms. The average molecular weight is 234 g/mol. The summed E-state index contributed by atoms with van der Waals surface area (Å²) < 4.78 is 19.3. The molecule has 2 aromatic rings. The van der Waals surface area contributed by atoms with Gasteiger partial charge in [-0.15, -0.1) is 0 Å². The summed E-state index contributed by atoms with van der Waals surface area (Å²) in [6, 6.07) is 3.51. The van der Waals surface area contributed by atoms with E-state index in [-0.39, 0.29) is 5.82 Å². The van der Waals surface area contributed by atoms with Crippen LogP contribution >= 0.6 is 0 Å². The van der Waals surface area contributed by atoms with Crippen LogP contribution in [0.2, 0.25) is 0 Å². The first-order valence-corrected chi connectivity index (χ1v) is 5.90. The summed E-state index contributed by atoms with van der Waals surface area (Å²) in [4.78, 5) is 5.34. The maximum atomic E-state index is 14.2. The SMILES string of the molecule is COc1ccc2[nH]cc(N3CCCC3)c2c1F. The molecule has 3 rings (SSSR count). The smallest absolute Gasteiger partial charge is 0.176 e. The highest BCUT2D eigenvalue weighted by Crippen LogP contribution is 2.34. The van der Waals surface area contributed by atoms with E-state index in [9.17, 15) is 4.39 Å². The van der Waals surface area contributed by atoms with E-state index in [0.717, 1.165) is 24.3 Å². The van der Waals surface area contributed by atoms with Gasteiger partial charge in [-0.2, -0.15) is 0 Å². The number of ether oxygens (including phenoxy) is 1. The number of nitrogens with zero attached hydrogens (tertiary/aromatic N) is 1. The van der Waals surface area contributed by atoms with E-state index in [1.807, 2.05) is 12.3 Å². The van der Waals surface area contributed by atoms with Gasteiger partial charge in [0.1, 0.15) is 0 Å². The molecule has 1 N–H and O–H groups in total. The molecule has 0 amide bonds. The largest absolute Gasteiger partial charge is 0.494 e. The van der Waals surface area contributed by atoms with Gasteiger partial charge >= 0.3 is 0 Å². The summed E-state index contributed by atoms with van der Waals surface area (Å²) in [5, 5.41) is 0.645. The molecular weight excluding hydrogens is 219 g/mol. The third-order valence-corrected chi connectivity index (χ3v) is 3.39. The molecule has 3 nitrogen and oxygen atoms in total. The van der Waals surface area contributed by atoms with Gasteiger partial charge in [-0.3, -0.25) is 0 Å². The second-order valence-corrected chi connectivity index (χ2v) is 4.37. The van der Waals surface area contributed by atoms with Crippen LogP contribution in [0.1, 0.15) is 12.8 Å². The van der Waals surface area contributed by atoms with Crippen LogP contribution in [0.5, 0.6) is 5.75 Å². The molecule has 0 spiro atoms. The zero-order chi connectivity index (χ0) is 11.8. The van der Waals surface area contributed by atoms with Gasteiger partial charge < -0.3 is 14.6 Å². The summed E-state index contributed by atoms with van der Waals surface area (Å²) in [6.45, 7) is 2.01. The molecule has 1 aromatic carbocycles. The predicted molar refractivity (Wildman–Crippen MR) is 66.3 cm³/mol. The van der Waals surface area contributed by atoms with Gasteiger partial charge in [-0.25, -0.2) is 4.39 Å². The van der Waals surface area contributed by atoms with Gasteiger partial charge in [-0.05, 0) is 25.0 Å². The quantitative estimate of drug-likeness (QED) is 0.865. The van der Waals surface area contributed by atoms with E-state index in [1.165, 1.54) is 20.0 Å². The molecule has 17 heavy (non-hydrogen) atoms. The van der Waals surface area contributed by atoms with E-state index in [0.29, 0.717) is 11.1 Å². The van der Waals surface area contributed by atoms with E-state index in [4.69, 9.17) is 4.74 Å². The summed E-state index contributed by atoms with van der Waals surface area (Å²) in [6.07, 6.45) is 4.25. The van der Waals surface area contributed by atoms with Crippen LogP contribution in [0.15, 0.2) is 18.3 Å². The fraction of sp³-hybridized carbons (Fsp3) is 0.385. The van der Waals surface area contributed by atoms with E-state index >= 15 is 0 Å². The number of fused-ring (bicyclic) bond motifs is 1. The normalized spacial score (nSPS) is 15.8. The second kappa shape index (κ2) is 3.95. The van der Waals surface area contributed by atoms with Crippen LogP contribution < -0.4 is 9.64 Å². The minimum Gasteiger partial charge on any atom is -0.494 e. The summed E-state index contributed by atoms with van der Waals surface area (Å²) in [5.74, 6) is 0.0331. The van der Waals surface area contributed by atoms with Crippen molar-refractivity contribution in [1.29, 1.82) is 0 Å². The van der Waals surface area contributed by atoms with Crippen LogP contribution in [0.3, 0.4) is 0 Å². The van der Waals surface area contributed by atoms with Crippen molar-refractivity contribution in [3.8, 4) is 5.75 Å². The number of aromatic amines is 1. The number of aromatic nitrogens is 1. The number of nitrogens with one attached hydrogen (secondary N) is 1. The Bertz CT molecular complexity index is 544. The van der Waals surface area contributed by atoms with E-state index in [1.54, 1.807) is 6.07 Å². The Balaban J connectivity index is 2.18. The highest BCUT2D eigenvalue weighted by molar-refractivity contribution is 5.94. The Hall–Kier alpha value is -1.71. The number of H-pyrrole nitrogens is 1. The summed E-state index contributed by atoms with van der Waals surface area (Å²) in [5.41, 5.74) is 1.78. The van der Waals surface area contributed by atoms with E-state index < -0.39 is 0 Å². The maximum Gasteiger partial charge on any atom is 0.176 e. The van der Waals surface area contributed by atoms with Crippen LogP contribution in [0.4, 0.5) is 10.1 Å². The van der Waals surface area contributed by atoms with Crippen LogP contribution in [0, 0.1) is 5.82 Å². The molecule has 90 valence electrons. The number of hydrogen-bond donors (Lipinski definition) is 1. The Morgan fingerprint density at radius 1 is 1.29 bits per heavy atom. The van der Waals surface area contributed by atoms with Crippen LogP contribution in [0.25, 0.3) is 10.9 Å². The van der Waals surface area contributed by atoms with Gasteiger partial charge in [0.05, 0.1) is 23.7 Å². The van der Waals surface area contributed by atoms with Crippen molar-refractivity contribution in [3.05, 3.63) is 24.1 Å². The molecule has 1 fully saturated rings. The first-order valence-electron chi connectivity index (χ1n) is 5.90. The lowest BCUT2D eigenvalue weighted by Crippen LogP contribution is -2.17. The second-order valence-electron chi connectivity index (χ2n) is 4.37. The molecule has 1 aliphatic heterocycles. The number of methoxy groups -OCH3 is 1. The van der Waals surface area contributed by atoms with Crippen molar-refractivity contribution in [3.63, 3.8) is 0 Å². The highest BCUT2D eigenvalue weighted by atomic mass is 19.1. The van der Waals surface area contributed by atoms with Gasteiger partial charge in [0.2, 0.25) is 0 Å². The van der Waals surface area contributed by atoms with Crippen molar-refractivity contribution in [1.82, 2.24) is 4.98 Å². The van der Waals surface area contributed by atoms with Crippen molar-refractivity contribution < 1.29 is 9.13 Å². The number of benzene rings is 1. The minimum absolute atomic E-state index is 0.270. The zero-order valence-electron chi connectivity index (χ0n) is 9.79. The Morgan fingerprint density at radius 2 is 2.06 bits per heavy atom. The molecule has 0 aliphatic carbocycles. The summed E-state index contributed by atoms with van der Waals surface area (Å²) >= 11 is 0.